The second kappa shape index (κ2) is 6.74. The zero-order valence-electron chi connectivity index (χ0n) is 13.1. The molecule has 0 aliphatic carbocycles. The number of rotatable bonds is 5. The summed E-state index contributed by atoms with van der Waals surface area (Å²) in [6, 6.07) is 2.09. The Bertz CT molecular complexity index is 524. The van der Waals surface area contributed by atoms with Crippen molar-refractivity contribution in [1.82, 2.24) is 15.1 Å². The molecule has 0 radical (unpaired) electrons. The molecule has 21 heavy (non-hydrogen) atoms. The summed E-state index contributed by atoms with van der Waals surface area (Å²) in [5, 5.41) is 7.26. The van der Waals surface area contributed by atoms with E-state index in [9.17, 15) is 9.59 Å². The summed E-state index contributed by atoms with van der Waals surface area (Å²) < 4.78 is 1.87. The summed E-state index contributed by atoms with van der Waals surface area (Å²) >= 11 is 0. The third kappa shape index (κ3) is 3.83. The lowest BCUT2D eigenvalue weighted by molar-refractivity contribution is -0.125. The van der Waals surface area contributed by atoms with Gasteiger partial charge in [0.25, 0.3) is 0 Å². The molecule has 0 spiro atoms. The maximum Gasteiger partial charge on any atom is 0.228 e. The van der Waals surface area contributed by atoms with Gasteiger partial charge in [0.05, 0.1) is 5.69 Å². The molecule has 1 aromatic rings. The van der Waals surface area contributed by atoms with E-state index in [0.29, 0.717) is 6.54 Å². The summed E-state index contributed by atoms with van der Waals surface area (Å²) in [7, 11) is 0. The highest BCUT2D eigenvalue weighted by Crippen LogP contribution is 2.22. The van der Waals surface area contributed by atoms with Crippen LogP contribution in [0.2, 0.25) is 0 Å². The summed E-state index contributed by atoms with van der Waals surface area (Å²) in [4.78, 5) is 25.8. The van der Waals surface area contributed by atoms with Crippen LogP contribution in [-0.4, -0.2) is 34.2 Å². The number of anilines is 1. The van der Waals surface area contributed by atoms with Crippen LogP contribution in [-0.2, 0) is 16.1 Å². The molecule has 6 nitrogen and oxygen atoms in total. The number of fused-ring (bicyclic) bond motifs is 1. The Morgan fingerprint density at radius 2 is 2.14 bits per heavy atom. The van der Waals surface area contributed by atoms with Gasteiger partial charge in [-0.3, -0.25) is 14.5 Å². The van der Waals surface area contributed by atoms with Crippen molar-refractivity contribution < 1.29 is 9.59 Å². The molecule has 0 fully saturated rings. The number of carbonyl (C=O) groups is 2. The van der Waals surface area contributed by atoms with Gasteiger partial charge in [0, 0.05) is 38.0 Å². The van der Waals surface area contributed by atoms with Crippen LogP contribution in [0.25, 0.3) is 0 Å². The van der Waals surface area contributed by atoms with Crippen LogP contribution in [0.3, 0.4) is 0 Å². The summed E-state index contributed by atoms with van der Waals surface area (Å²) in [6.07, 6.45) is 2.28. The number of hydrogen-bond donors (Lipinski definition) is 1. The Kier molecular flexibility index (Phi) is 4.98. The fraction of sp³-hybridized carbons (Fsp3) is 0.667. The molecule has 0 bridgehead atoms. The second-order valence-electron chi connectivity index (χ2n) is 5.64. The number of carbonyl (C=O) groups excluding carboxylic acids is 2. The van der Waals surface area contributed by atoms with Crippen LogP contribution >= 0.6 is 0 Å². The van der Waals surface area contributed by atoms with Gasteiger partial charge in [0.2, 0.25) is 11.8 Å². The first kappa shape index (κ1) is 15.5. The first-order valence-corrected chi connectivity index (χ1v) is 7.65. The lowest BCUT2D eigenvalue weighted by Crippen LogP contribution is -2.38. The lowest BCUT2D eigenvalue weighted by Gasteiger charge is -2.27. The van der Waals surface area contributed by atoms with E-state index in [2.05, 4.69) is 10.4 Å². The van der Waals surface area contributed by atoms with Crippen LogP contribution in [0.4, 0.5) is 5.82 Å². The summed E-state index contributed by atoms with van der Waals surface area (Å²) in [5.74, 6) is 0.792. The Labute approximate surface area is 125 Å². The average molecular weight is 292 g/mol. The minimum atomic E-state index is -0.0561. The van der Waals surface area contributed by atoms with Gasteiger partial charge < -0.3 is 5.32 Å². The normalized spacial score (nSPS) is 15.5. The highest BCUT2D eigenvalue weighted by atomic mass is 16.2. The molecular formula is C15H24N4O2. The Balaban J connectivity index is 1.91. The van der Waals surface area contributed by atoms with E-state index >= 15 is 0 Å². The molecule has 1 aliphatic heterocycles. The maximum absolute atomic E-state index is 12.3. The molecule has 0 saturated carbocycles. The smallest absolute Gasteiger partial charge is 0.228 e. The zero-order chi connectivity index (χ0) is 15.4. The quantitative estimate of drug-likeness (QED) is 0.897. The highest BCUT2D eigenvalue weighted by molar-refractivity contribution is 5.95. The van der Waals surface area contributed by atoms with Crippen LogP contribution in [0, 0.1) is 6.92 Å². The van der Waals surface area contributed by atoms with Gasteiger partial charge in [0.1, 0.15) is 5.82 Å². The summed E-state index contributed by atoms with van der Waals surface area (Å²) in [5.41, 5.74) is 0.916. The number of aromatic nitrogens is 2. The minimum absolute atomic E-state index is 0.00449. The Morgan fingerprint density at radius 1 is 1.38 bits per heavy atom. The van der Waals surface area contributed by atoms with E-state index in [1.807, 2.05) is 31.5 Å². The van der Waals surface area contributed by atoms with Crippen molar-refractivity contribution in [3.05, 3.63) is 11.8 Å². The van der Waals surface area contributed by atoms with Crippen molar-refractivity contribution >= 4 is 17.6 Å². The van der Waals surface area contributed by atoms with E-state index in [0.717, 1.165) is 30.9 Å². The van der Waals surface area contributed by atoms with E-state index in [4.69, 9.17) is 0 Å². The Morgan fingerprint density at radius 3 is 2.86 bits per heavy atom. The molecule has 0 saturated heterocycles. The van der Waals surface area contributed by atoms with Crippen molar-refractivity contribution in [3.8, 4) is 0 Å². The molecule has 1 N–H and O–H groups in total. The maximum atomic E-state index is 12.3. The van der Waals surface area contributed by atoms with Gasteiger partial charge in [-0.1, -0.05) is 6.92 Å². The van der Waals surface area contributed by atoms with Crippen LogP contribution in [0.5, 0.6) is 0 Å². The van der Waals surface area contributed by atoms with Gasteiger partial charge in [-0.25, -0.2) is 4.68 Å². The van der Waals surface area contributed by atoms with Gasteiger partial charge in [0.15, 0.2) is 0 Å². The predicted octanol–water partition coefficient (Wildman–Crippen LogP) is 1.62. The standard InChI is InChI=1S/C15H24N4O2/c1-4-11(2)16-13(20)6-7-15(21)18-8-5-9-19-14(18)10-12(3)17-19/h10-11H,4-9H2,1-3H3,(H,16,20). The van der Waals surface area contributed by atoms with Crippen molar-refractivity contribution in [2.24, 2.45) is 0 Å². The second-order valence-corrected chi connectivity index (χ2v) is 5.64. The third-order valence-electron chi connectivity index (χ3n) is 3.80. The fourth-order valence-corrected chi connectivity index (χ4v) is 2.46. The van der Waals surface area contributed by atoms with Crippen LogP contribution in [0.15, 0.2) is 6.07 Å². The average Bonchev–Trinajstić information content (AvgIpc) is 2.84. The molecule has 116 valence electrons. The lowest BCUT2D eigenvalue weighted by atomic mass is 10.2. The molecule has 2 heterocycles. The van der Waals surface area contributed by atoms with Gasteiger partial charge in [-0.2, -0.15) is 5.10 Å². The number of hydrogen-bond acceptors (Lipinski definition) is 3. The molecule has 1 aromatic heterocycles. The van der Waals surface area contributed by atoms with Gasteiger partial charge in [-0.15, -0.1) is 0 Å². The van der Waals surface area contributed by atoms with Crippen molar-refractivity contribution in [3.63, 3.8) is 0 Å². The fourth-order valence-electron chi connectivity index (χ4n) is 2.46. The summed E-state index contributed by atoms with van der Waals surface area (Å²) in [6.45, 7) is 7.46. The van der Waals surface area contributed by atoms with Crippen molar-refractivity contribution in [2.45, 2.75) is 59.0 Å². The van der Waals surface area contributed by atoms with Gasteiger partial charge in [-0.05, 0) is 26.7 Å². The SMILES string of the molecule is CCC(C)NC(=O)CCC(=O)N1CCCn2nc(C)cc21. The third-order valence-corrected chi connectivity index (χ3v) is 3.80. The molecule has 1 atom stereocenters. The van der Waals surface area contributed by atoms with Crippen molar-refractivity contribution in [2.75, 3.05) is 11.4 Å². The minimum Gasteiger partial charge on any atom is -0.354 e. The molecule has 2 amide bonds. The topological polar surface area (TPSA) is 67.2 Å². The monoisotopic (exact) mass is 292 g/mol. The van der Waals surface area contributed by atoms with E-state index in [-0.39, 0.29) is 30.7 Å². The highest BCUT2D eigenvalue weighted by Gasteiger charge is 2.24. The first-order valence-electron chi connectivity index (χ1n) is 7.65. The zero-order valence-corrected chi connectivity index (χ0v) is 13.1. The molecular weight excluding hydrogens is 268 g/mol. The molecule has 2 rings (SSSR count). The predicted molar refractivity (Wildman–Crippen MR) is 81.1 cm³/mol. The largest absolute Gasteiger partial charge is 0.354 e. The van der Waals surface area contributed by atoms with Crippen LogP contribution in [0.1, 0.15) is 45.2 Å². The number of aryl methyl sites for hydroxylation is 2. The van der Waals surface area contributed by atoms with Crippen molar-refractivity contribution in [1.29, 1.82) is 0 Å². The van der Waals surface area contributed by atoms with Crippen LogP contribution < -0.4 is 10.2 Å². The molecule has 1 unspecified atom stereocenters. The number of nitrogens with zero attached hydrogens (tertiary/aromatic N) is 3. The molecule has 6 heteroatoms. The van der Waals surface area contributed by atoms with E-state index < -0.39 is 0 Å². The number of amides is 2. The molecule has 1 aliphatic rings. The van der Waals surface area contributed by atoms with E-state index in [1.165, 1.54) is 0 Å². The Hall–Kier alpha value is -1.85. The first-order chi connectivity index (χ1) is 10.0. The van der Waals surface area contributed by atoms with E-state index in [1.54, 1.807) is 4.90 Å². The number of nitrogens with one attached hydrogen (secondary N) is 1. The molecule has 0 aromatic carbocycles. The van der Waals surface area contributed by atoms with Gasteiger partial charge >= 0.3 is 0 Å².